The second kappa shape index (κ2) is 7.29. The summed E-state index contributed by atoms with van der Waals surface area (Å²) in [6, 6.07) is 20.7. The number of rotatable bonds is 4. The number of aromatic hydroxyl groups is 1. The van der Waals surface area contributed by atoms with Crippen molar-refractivity contribution in [1.82, 2.24) is 0 Å². The van der Waals surface area contributed by atoms with Crippen molar-refractivity contribution < 1.29 is 14.3 Å². The average Bonchev–Trinajstić information content (AvgIpc) is 2.74. The Bertz CT molecular complexity index is 1230. The van der Waals surface area contributed by atoms with Crippen LogP contribution in [0, 0.1) is 11.3 Å². The minimum absolute atomic E-state index is 0.137. The molecule has 0 radical (unpaired) electrons. The van der Waals surface area contributed by atoms with Gasteiger partial charge in [0.2, 0.25) is 0 Å². The van der Waals surface area contributed by atoms with Crippen LogP contribution in [0.15, 0.2) is 82.2 Å². The number of phenols is 1. The molecule has 3 aromatic carbocycles. The molecule has 0 atom stereocenters. The number of benzene rings is 3. The Hall–Kier alpha value is -4.04. The lowest BCUT2D eigenvalue weighted by Crippen LogP contribution is -2.05. The molecule has 136 valence electrons. The van der Waals surface area contributed by atoms with Gasteiger partial charge in [0.05, 0.1) is 22.6 Å². The van der Waals surface area contributed by atoms with Crippen LogP contribution >= 0.6 is 0 Å². The van der Waals surface area contributed by atoms with Gasteiger partial charge < -0.3 is 14.3 Å². The van der Waals surface area contributed by atoms with E-state index < -0.39 is 0 Å². The molecule has 0 unspecified atom stereocenters. The summed E-state index contributed by atoms with van der Waals surface area (Å²) in [4.78, 5) is 12.8. The van der Waals surface area contributed by atoms with E-state index >= 15 is 0 Å². The fourth-order valence-electron chi connectivity index (χ4n) is 2.88. The van der Waals surface area contributed by atoms with E-state index in [4.69, 9.17) is 14.4 Å². The van der Waals surface area contributed by atoms with Gasteiger partial charge in [-0.2, -0.15) is 5.26 Å². The second-order valence-corrected chi connectivity index (χ2v) is 6.28. The van der Waals surface area contributed by atoms with Crippen LogP contribution in [-0.2, 0) is 6.61 Å². The number of fused-ring (bicyclic) bond motifs is 1. The first kappa shape index (κ1) is 17.4. The molecule has 0 saturated heterocycles. The van der Waals surface area contributed by atoms with Crippen molar-refractivity contribution in [2.24, 2.45) is 0 Å². The number of hydrogen-bond donors (Lipinski definition) is 1. The van der Waals surface area contributed by atoms with Gasteiger partial charge in [0.15, 0.2) is 5.43 Å². The van der Waals surface area contributed by atoms with Gasteiger partial charge in [0.1, 0.15) is 30.0 Å². The van der Waals surface area contributed by atoms with Gasteiger partial charge in [-0.25, -0.2) is 0 Å². The average molecular weight is 369 g/mol. The van der Waals surface area contributed by atoms with Crippen molar-refractivity contribution in [3.05, 3.63) is 94.3 Å². The molecule has 1 N–H and O–H groups in total. The van der Waals surface area contributed by atoms with Crippen LogP contribution in [0.3, 0.4) is 0 Å². The summed E-state index contributed by atoms with van der Waals surface area (Å²) in [7, 11) is 0. The van der Waals surface area contributed by atoms with E-state index in [0.29, 0.717) is 40.0 Å². The number of ether oxygens (including phenoxy) is 1. The van der Waals surface area contributed by atoms with Crippen molar-refractivity contribution in [3.8, 4) is 28.7 Å². The van der Waals surface area contributed by atoms with Gasteiger partial charge in [-0.15, -0.1) is 0 Å². The van der Waals surface area contributed by atoms with E-state index in [-0.39, 0.29) is 11.2 Å². The third-order valence-electron chi connectivity index (χ3n) is 4.41. The van der Waals surface area contributed by atoms with Crippen molar-refractivity contribution in [2.75, 3.05) is 0 Å². The highest BCUT2D eigenvalue weighted by atomic mass is 16.5. The fraction of sp³-hybridized carbons (Fsp3) is 0.0435. The highest BCUT2D eigenvalue weighted by Gasteiger charge is 2.10. The molecule has 0 aliphatic rings. The molecule has 1 aromatic heterocycles. The van der Waals surface area contributed by atoms with Crippen LogP contribution in [0.4, 0.5) is 0 Å². The first-order valence-corrected chi connectivity index (χ1v) is 8.61. The molecule has 0 aliphatic carbocycles. The summed E-state index contributed by atoms with van der Waals surface area (Å²) in [6.45, 7) is 0.340. The van der Waals surface area contributed by atoms with Crippen LogP contribution in [0.1, 0.15) is 11.1 Å². The highest BCUT2D eigenvalue weighted by Crippen LogP contribution is 2.24. The number of hydrogen-bond acceptors (Lipinski definition) is 5. The van der Waals surface area contributed by atoms with Crippen LogP contribution < -0.4 is 10.2 Å². The van der Waals surface area contributed by atoms with Crippen molar-refractivity contribution in [3.63, 3.8) is 0 Å². The predicted molar refractivity (Wildman–Crippen MR) is 105 cm³/mol. The molecule has 4 rings (SSSR count). The third-order valence-corrected chi connectivity index (χ3v) is 4.41. The third kappa shape index (κ3) is 3.44. The summed E-state index contributed by atoms with van der Waals surface area (Å²) in [5.41, 5.74) is 2.92. The smallest absolute Gasteiger partial charge is 0.200 e. The molecule has 0 bridgehead atoms. The molecule has 4 aromatic rings. The Balaban J connectivity index is 1.59. The normalized spacial score (nSPS) is 10.5. The summed E-state index contributed by atoms with van der Waals surface area (Å²) in [5, 5.41) is 18.7. The molecule has 0 aliphatic heterocycles. The van der Waals surface area contributed by atoms with Crippen LogP contribution in [0.5, 0.6) is 11.5 Å². The van der Waals surface area contributed by atoms with Gasteiger partial charge in [0, 0.05) is 6.07 Å². The van der Waals surface area contributed by atoms with Crippen LogP contribution in [0.2, 0.25) is 0 Å². The first-order valence-electron chi connectivity index (χ1n) is 8.61. The Kier molecular flexibility index (Phi) is 4.53. The van der Waals surface area contributed by atoms with Crippen molar-refractivity contribution in [1.29, 1.82) is 5.26 Å². The second-order valence-electron chi connectivity index (χ2n) is 6.28. The van der Waals surface area contributed by atoms with E-state index in [9.17, 15) is 9.90 Å². The maximum atomic E-state index is 12.8. The van der Waals surface area contributed by atoms with Gasteiger partial charge in [-0.1, -0.05) is 24.3 Å². The number of nitrogens with zero attached hydrogens (tertiary/aromatic N) is 1. The lowest BCUT2D eigenvalue weighted by Gasteiger charge is -2.08. The van der Waals surface area contributed by atoms with E-state index in [1.165, 1.54) is 18.4 Å². The Morgan fingerprint density at radius 2 is 1.75 bits per heavy atom. The SMILES string of the molecule is N#Cc1ccc(COc2ccc3c(=O)c(-c4ccc(O)cc4)coc3c2)cc1. The lowest BCUT2D eigenvalue weighted by molar-refractivity contribution is 0.306. The largest absolute Gasteiger partial charge is 0.508 e. The molecule has 28 heavy (non-hydrogen) atoms. The Morgan fingerprint density at radius 1 is 1.00 bits per heavy atom. The van der Waals surface area contributed by atoms with E-state index in [2.05, 4.69) is 6.07 Å². The van der Waals surface area contributed by atoms with Crippen LogP contribution in [0.25, 0.3) is 22.1 Å². The van der Waals surface area contributed by atoms with Gasteiger partial charge in [0.25, 0.3) is 0 Å². The predicted octanol–water partition coefficient (Wildman–Crippen LogP) is 4.62. The van der Waals surface area contributed by atoms with Gasteiger partial charge in [-0.3, -0.25) is 4.79 Å². The number of phenolic OH excluding ortho intramolecular Hbond substituents is 1. The summed E-state index contributed by atoms with van der Waals surface area (Å²) in [6.07, 6.45) is 1.42. The van der Waals surface area contributed by atoms with E-state index in [1.807, 2.05) is 12.1 Å². The summed E-state index contributed by atoms with van der Waals surface area (Å²) >= 11 is 0. The quantitative estimate of drug-likeness (QED) is 0.568. The fourth-order valence-corrected chi connectivity index (χ4v) is 2.88. The molecule has 5 heteroatoms. The highest BCUT2D eigenvalue weighted by molar-refractivity contribution is 5.82. The number of nitriles is 1. The van der Waals surface area contributed by atoms with E-state index in [0.717, 1.165) is 5.56 Å². The zero-order valence-electron chi connectivity index (χ0n) is 14.8. The van der Waals surface area contributed by atoms with Crippen molar-refractivity contribution in [2.45, 2.75) is 6.61 Å². The molecule has 0 fully saturated rings. The monoisotopic (exact) mass is 369 g/mol. The summed E-state index contributed by atoms with van der Waals surface area (Å²) in [5.74, 6) is 0.718. The molecule has 5 nitrogen and oxygen atoms in total. The Labute approximate surface area is 160 Å². The minimum Gasteiger partial charge on any atom is -0.508 e. The van der Waals surface area contributed by atoms with Crippen molar-refractivity contribution >= 4 is 11.0 Å². The minimum atomic E-state index is -0.148. The maximum absolute atomic E-state index is 12.8. The Morgan fingerprint density at radius 3 is 2.46 bits per heavy atom. The zero-order valence-corrected chi connectivity index (χ0v) is 14.8. The molecular weight excluding hydrogens is 354 g/mol. The van der Waals surface area contributed by atoms with Crippen LogP contribution in [-0.4, -0.2) is 5.11 Å². The first-order chi connectivity index (χ1) is 13.6. The lowest BCUT2D eigenvalue weighted by atomic mass is 10.1. The zero-order chi connectivity index (χ0) is 19.5. The molecule has 0 amide bonds. The summed E-state index contributed by atoms with van der Waals surface area (Å²) < 4.78 is 11.4. The van der Waals surface area contributed by atoms with Gasteiger partial charge >= 0.3 is 0 Å². The topological polar surface area (TPSA) is 83.5 Å². The molecule has 0 spiro atoms. The molecule has 1 heterocycles. The molecular formula is C23H15NO4. The van der Waals surface area contributed by atoms with Gasteiger partial charge in [-0.05, 0) is 47.5 Å². The maximum Gasteiger partial charge on any atom is 0.200 e. The standard InChI is InChI=1S/C23H15NO4/c24-12-15-1-3-16(4-2-15)13-27-19-9-10-20-22(11-19)28-14-21(23(20)26)17-5-7-18(25)8-6-17/h1-11,14,25H,13H2. The molecule has 0 saturated carbocycles. The van der Waals surface area contributed by atoms with E-state index in [1.54, 1.807) is 42.5 Å².